The van der Waals surface area contributed by atoms with Gasteiger partial charge in [-0.3, -0.25) is 57.9 Å². The number of fused-ring (bicyclic) bond motifs is 3. The lowest BCUT2D eigenvalue weighted by atomic mass is 9.93. The standard InChI is InChI=1S/2C15H13NO2.C13H15NO2.C11H13NO.C11H15NO.C10H13NO.6C2H6/c1-9(2)16-14(17)11-7-3-5-10-6-4-8-12(13(10)11)15(16)18;1-9(2)16-14(17)12-7-10-5-3-4-6-11(10)8-13(12)15(16)18;1-9(2)14-12(15)8-11(13(14)16)10-6-4-3-5-7-10;1-8(2)12-7-9-5-3-4-6-10(9)11(12)13;1-9(2)12-11(13)8-10-6-4-3-5-7-10;1-8(2)11-10(12)9-6-4-3-5-7-9;6*1-2/h2*3-9H,1-2H3;3-7,9,11H,8H2,1-2H3;3-6,8H,7H2,1-2H3;3-7,9H,8H2,1-2H3,(H,12,13);3-8H,1-2H3,(H,11,12);6*1-2H3. The molecule has 15 nitrogen and oxygen atoms in total. The van der Waals surface area contributed by atoms with E-state index in [9.17, 15) is 43.2 Å². The van der Waals surface area contributed by atoms with Crippen molar-refractivity contribution in [2.24, 2.45) is 0 Å². The van der Waals surface area contributed by atoms with Crippen LogP contribution in [-0.2, 0) is 27.3 Å². The Labute approximate surface area is 610 Å². The summed E-state index contributed by atoms with van der Waals surface area (Å²) in [6.07, 6.45) is 0.778. The summed E-state index contributed by atoms with van der Waals surface area (Å²) in [5.74, 6) is -0.918. The molecule has 550 valence electrons. The van der Waals surface area contributed by atoms with Gasteiger partial charge in [0.25, 0.3) is 35.4 Å². The molecule has 0 radical (unpaired) electrons. The summed E-state index contributed by atoms with van der Waals surface area (Å²) in [5.41, 5.74) is 7.01. The molecule has 1 fully saturated rings. The van der Waals surface area contributed by atoms with Crippen LogP contribution in [0.3, 0.4) is 0 Å². The third kappa shape index (κ3) is 25.3. The first-order valence-corrected chi connectivity index (χ1v) is 36.7. The van der Waals surface area contributed by atoms with E-state index in [-0.39, 0.29) is 89.3 Å². The van der Waals surface area contributed by atoms with Gasteiger partial charge in [0.1, 0.15) is 0 Å². The van der Waals surface area contributed by atoms with Crippen molar-refractivity contribution in [3.8, 4) is 0 Å². The highest BCUT2D eigenvalue weighted by molar-refractivity contribution is 6.26. The molecular formula is C87H118N6O9. The van der Waals surface area contributed by atoms with Gasteiger partial charge in [0.15, 0.2) is 0 Å². The summed E-state index contributed by atoms with van der Waals surface area (Å²) in [6, 6.07) is 59.2. The predicted molar refractivity (Wildman–Crippen MR) is 422 cm³/mol. The molecule has 0 aromatic heterocycles. The van der Waals surface area contributed by atoms with Crippen LogP contribution >= 0.6 is 0 Å². The third-order valence-electron chi connectivity index (χ3n) is 15.1. The number of imide groups is 3. The molecule has 4 aliphatic heterocycles. The first kappa shape index (κ1) is 90.1. The molecule has 2 N–H and O–H groups in total. The zero-order valence-corrected chi connectivity index (χ0v) is 65.5. The first-order valence-electron chi connectivity index (χ1n) is 36.7. The minimum absolute atomic E-state index is 0.00870. The van der Waals surface area contributed by atoms with Crippen molar-refractivity contribution in [2.75, 3.05) is 0 Å². The van der Waals surface area contributed by atoms with E-state index >= 15 is 0 Å². The summed E-state index contributed by atoms with van der Waals surface area (Å²) in [6.45, 7) is 47.8. The number of carbonyl (C=O) groups excluding carboxylic acids is 9. The molecule has 0 spiro atoms. The number of hydrogen-bond donors (Lipinski definition) is 2. The number of carbonyl (C=O) groups is 9. The van der Waals surface area contributed by atoms with Crippen molar-refractivity contribution in [2.45, 2.75) is 228 Å². The Bertz CT molecular complexity index is 3800. The molecule has 8 aromatic carbocycles. The lowest BCUT2D eigenvalue weighted by Crippen LogP contribution is -2.44. The van der Waals surface area contributed by atoms with Gasteiger partial charge in [0.05, 0.1) is 23.5 Å². The number of hydrogen-bond acceptors (Lipinski definition) is 9. The van der Waals surface area contributed by atoms with E-state index in [4.69, 9.17) is 0 Å². The number of likely N-dealkylation sites (tertiary alicyclic amines) is 1. The maximum atomic E-state index is 12.4. The molecule has 0 aliphatic carbocycles. The van der Waals surface area contributed by atoms with Gasteiger partial charge in [-0.2, -0.15) is 0 Å². The van der Waals surface area contributed by atoms with Gasteiger partial charge in [-0.05, 0) is 158 Å². The molecule has 102 heavy (non-hydrogen) atoms. The first-order chi connectivity index (χ1) is 48.9. The highest BCUT2D eigenvalue weighted by Crippen LogP contribution is 2.33. The van der Waals surface area contributed by atoms with E-state index in [2.05, 4.69) is 10.6 Å². The Balaban J connectivity index is 0.000000597. The number of rotatable bonds is 10. The van der Waals surface area contributed by atoms with Crippen LogP contribution in [0.15, 0.2) is 188 Å². The summed E-state index contributed by atoms with van der Waals surface area (Å²) >= 11 is 0. The fraction of sp³-hybridized carbons (Fsp3) is 0.391. The molecule has 8 aromatic rings. The van der Waals surface area contributed by atoms with Crippen LogP contribution < -0.4 is 10.6 Å². The average molecular weight is 1390 g/mol. The van der Waals surface area contributed by atoms with Gasteiger partial charge in [-0.1, -0.05) is 229 Å². The molecule has 1 unspecified atom stereocenters. The van der Waals surface area contributed by atoms with Crippen molar-refractivity contribution < 1.29 is 43.2 Å². The van der Waals surface area contributed by atoms with E-state index in [1.807, 2.05) is 335 Å². The number of nitrogens with one attached hydrogen (secondary N) is 2. The zero-order valence-electron chi connectivity index (χ0n) is 65.5. The highest BCUT2D eigenvalue weighted by Gasteiger charge is 2.41. The van der Waals surface area contributed by atoms with Crippen molar-refractivity contribution in [1.29, 1.82) is 0 Å². The Hall–Kier alpha value is -9.89. The second-order valence-corrected chi connectivity index (χ2v) is 24.0. The minimum atomic E-state index is -0.281. The molecule has 1 saturated heterocycles. The van der Waals surface area contributed by atoms with E-state index in [0.29, 0.717) is 46.7 Å². The zero-order chi connectivity index (χ0) is 77.5. The fourth-order valence-electron chi connectivity index (χ4n) is 10.9. The van der Waals surface area contributed by atoms with Crippen LogP contribution in [0.1, 0.15) is 257 Å². The minimum Gasteiger partial charge on any atom is -0.354 e. The summed E-state index contributed by atoms with van der Waals surface area (Å²) in [7, 11) is 0. The molecule has 12 rings (SSSR count). The van der Waals surface area contributed by atoms with Gasteiger partial charge < -0.3 is 15.5 Å². The lowest BCUT2D eigenvalue weighted by Gasteiger charge is -2.30. The Morgan fingerprint density at radius 1 is 0.382 bits per heavy atom. The summed E-state index contributed by atoms with van der Waals surface area (Å²) in [4.78, 5) is 113. The topological polar surface area (TPSA) is 191 Å². The Morgan fingerprint density at radius 2 is 0.755 bits per heavy atom. The smallest absolute Gasteiger partial charge is 0.261 e. The molecule has 9 amide bonds. The maximum Gasteiger partial charge on any atom is 0.261 e. The van der Waals surface area contributed by atoms with Crippen LogP contribution in [0.25, 0.3) is 21.5 Å². The van der Waals surface area contributed by atoms with E-state index in [1.165, 1.54) is 14.7 Å². The quantitative estimate of drug-likeness (QED) is 0.125. The van der Waals surface area contributed by atoms with Crippen LogP contribution in [0.5, 0.6) is 0 Å². The number of nitrogens with zero attached hydrogens (tertiary/aromatic N) is 4. The van der Waals surface area contributed by atoms with Gasteiger partial charge in [0.2, 0.25) is 17.7 Å². The fourth-order valence-corrected chi connectivity index (χ4v) is 10.9. The van der Waals surface area contributed by atoms with Gasteiger partial charge >= 0.3 is 0 Å². The average Bonchev–Trinajstić information content (AvgIpc) is 0.901. The van der Waals surface area contributed by atoms with Crippen molar-refractivity contribution >= 4 is 74.7 Å². The molecular weight excluding hydrogens is 1270 g/mol. The van der Waals surface area contributed by atoms with E-state index < -0.39 is 0 Å². The molecule has 0 saturated carbocycles. The number of benzene rings is 8. The van der Waals surface area contributed by atoms with Crippen molar-refractivity contribution in [3.05, 3.63) is 238 Å². The van der Waals surface area contributed by atoms with E-state index in [1.54, 1.807) is 24.3 Å². The third-order valence-corrected chi connectivity index (χ3v) is 15.1. The summed E-state index contributed by atoms with van der Waals surface area (Å²) in [5, 5.41) is 9.37. The molecule has 1 atom stereocenters. The van der Waals surface area contributed by atoms with Crippen molar-refractivity contribution in [3.63, 3.8) is 0 Å². The predicted octanol–water partition coefficient (Wildman–Crippen LogP) is 19.4. The molecule has 4 heterocycles. The van der Waals surface area contributed by atoms with Gasteiger partial charge in [0, 0.05) is 76.9 Å². The molecule has 0 bridgehead atoms. The van der Waals surface area contributed by atoms with E-state index in [0.717, 1.165) is 50.3 Å². The lowest BCUT2D eigenvalue weighted by molar-refractivity contribution is -0.140. The van der Waals surface area contributed by atoms with Gasteiger partial charge in [-0.15, -0.1) is 0 Å². The van der Waals surface area contributed by atoms with Crippen LogP contribution in [0.4, 0.5) is 0 Å². The number of amides is 9. The highest BCUT2D eigenvalue weighted by atomic mass is 16.2. The maximum absolute atomic E-state index is 12.4. The normalized spacial score (nSPS) is 13.2. The Kier molecular flexibility index (Phi) is 41.8. The van der Waals surface area contributed by atoms with Crippen LogP contribution in [0, 0.1) is 0 Å². The van der Waals surface area contributed by atoms with Crippen LogP contribution in [-0.4, -0.2) is 109 Å². The SMILES string of the molecule is CC.CC.CC.CC.CC.CC.CC(C)N1C(=O)CC(c2ccccc2)C1=O.CC(C)N1C(=O)c2cc3ccccc3cc2C1=O.CC(C)N1C(=O)c2cccc3cccc(c23)C1=O.CC(C)N1Cc2ccccc2C1=O.CC(C)NC(=O)Cc1ccccc1.CC(C)NC(=O)c1ccccc1. The van der Waals surface area contributed by atoms with Crippen LogP contribution in [0.2, 0.25) is 0 Å². The molecule has 15 heteroatoms. The van der Waals surface area contributed by atoms with Gasteiger partial charge in [-0.25, -0.2) is 0 Å². The van der Waals surface area contributed by atoms with Crippen molar-refractivity contribution in [1.82, 2.24) is 30.2 Å². The Morgan fingerprint density at radius 3 is 1.16 bits per heavy atom. The summed E-state index contributed by atoms with van der Waals surface area (Å²) < 4.78 is 0. The second kappa shape index (κ2) is 47.3. The second-order valence-electron chi connectivity index (χ2n) is 24.0. The largest absolute Gasteiger partial charge is 0.354 e. The monoisotopic (exact) mass is 1390 g/mol. The molecule has 4 aliphatic rings.